The number of anilines is 1. The average molecular weight is 455 g/mol. The van der Waals surface area contributed by atoms with Crippen LogP contribution in [0.5, 0.6) is 5.75 Å². The highest BCUT2D eigenvalue weighted by Gasteiger charge is 2.48. The summed E-state index contributed by atoms with van der Waals surface area (Å²) in [6, 6.07) is 13.4. The zero-order valence-corrected chi connectivity index (χ0v) is 16.8. The minimum Gasteiger partial charge on any atom is -0.508 e. The molecule has 1 fully saturated rings. The monoisotopic (exact) mass is 454 g/mol. The first-order valence-electron chi connectivity index (χ1n) is 8.66. The van der Waals surface area contributed by atoms with Gasteiger partial charge in [-0.3, -0.25) is 14.5 Å². The predicted molar refractivity (Wildman–Crippen MR) is 108 cm³/mol. The molecule has 1 amide bonds. The molecule has 7 nitrogen and oxygen atoms in total. The normalized spacial score (nSPS) is 18.4. The number of rotatable bonds is 3. The van der Waals surface area contributed by atoms with Crippen molar-refractivity contribution in [2.24, 2.45) is 0 Å². The Hall–Kier alpha value is -3.39. The van der Waals surface area contributed by atoms with E-state index in [1.165, 1.54) is 23.1 Å². The summed E-state index contributed by atoms with van der Waals surface area (Å²) < 4.78 is 5.89. The number of nitrogens with zero attached hydrogens (tertiary/aromatic N) is 2. The van der Waals surface area contributed by atoms with Gasteiger partial charge in [0.25, 0.3) is 5.78 Å². The molecule has 8 heteroatoms. The molecule has 0 spiro atoms. The second kappa shape index (κ2) is 7.21. The van der Waals surface area contributed by atoms with Gasteiger partial charge in [0, 0.05) is 16.1 Å². The van der Waals surface area contributed by atoms with Crippen molar-refractivity contribution >= 4 is 39.2 Å². The van der Waals surface area contributed by atoms with Gasteiger partial charge >= 0.3 is 5.91 Å². The Labute approximate surface area is 174 Å². The van der Waals surface area contributed by atoms with Crippen molar-refractivity contribution in [2.45, 2.75) is 13.0 Å². The van der Waals surface area contributed by atoms with E-state index in [0.717, 1.165) is 4.47 Å². The van der Waals surface area contributed by atoms with E-state index in [1.807, 2.05) is 0 Å². The van der Waals surface area contributed by atoms with Crippen LogP contribution in [0.4, 0.5) is 5.82 Å². The van der Waals surface area contributed by atoms with Crippen LogP contribution in [0.2, 0.25) is 0 Å². The molecule has 1 saturated heterocycles. The third kappa shape index (κ3) is 3.31. The number of ketones is 1. The van der Waals surface area contributed by atoms with Gasteiger partial charge < -0.3 is 14.7 Å². The largest absolute Gasteiger partial charge is 0.508 e. The number of aryl methyl sites for hydroxylation is 1. The van der Waals surface area contributed by atoms with Gasteiger partial charge in [-0.05, 0) is 36.8 Å². The second-order valence-electron chi connectivity index (χ2n) is 6.56. The van der Waals surface area contributed by atoms with Gasteiger partial charge in [-0.15, -0.1) is 0 Å². The summed E-state index contributed by atoms with van der Waals surface area (Å²) >= 11 is 3.33. The molecule has 29 heavy (non-hydrogen) atoms. The number of amides is 1. The van der Waals surface area contributed by atoms with Crippen LogP contribution in [0.15, 0.2) is 69.2 Å². The number of aromatic nitrogens is 1. The van der Waals surface area contributed by atoms with Gasteiger partial charge in [0.2, 0.25) is 0 Å². The van der Waals surface area contributed by atoms with Crippen molar-refractivity contribution in [1.29, 1.82) is 0 Å². The summed E-state index contributed by atoms with van der Waals surface area (Å²) in [7, 11) is 0. The molecule has 0 unspecified atom stereocenters. The molecule has 0 aliphatic carbocycles. The fourth-order valence-corrected chi connectivity index (χ4v) is 3.54. The van der Waals surface area contributed by atoms with Gasteiger partial charge in [-0.2, -0.15) is 0 Å². The van der Waals surface area contributed by atoms with E-state index in [-0.39, 0.29) is 22.9 Å². The zero-order valence-electron chi connectivity index (χ0n) is 15.2. The van der Waals surface area contributed by atoms with Crippen LogP contribution in [0.1, 0.15) is 22.9 Å². The van der Waals surface area contributed by atoms with E-state index in [9.17, 15) is 19.8 Å². The number of carbonyl (C=O) groups excluding carboxylic acids is 2. The van der Waals surface area contributed by atoms with Crippen LogP contribution in [-0.2, 0) is 9.59 Å². The number of Topliss-reactive ketones (excluding diaryl/α,β-unsaturated/α-hetero) is 1. The lowest BCUT2D eigenvalue weighted by molar-refractivity contribution is -0.132. The summed E-state index contributed by atoms with van der Waals surface area (Å²) in [5.74, 6) is -1.27. The molecular weight excluding hydrogens is 440 g/mol. The number of carbonyl (C=O) groups is 2. The molecule has 0 radical (unpaired) electrons. The van der Waals surface area contributed by atoms with E-state index in [4.69, 9.17) is 4.52 Å². The Bertz CT molecular complexity index is 1130. The predicted octanol–water partition coefficient (Wildman–Crippen LogP) is 4.08. The maximum Gasteiger partial charge on any atom is 0.301 e. The van der Waals surface area contributed by atoms with Crippen LogP contribution in [0.25, 0.3) is 5.76 Å². The lowest BCUT2D eigenvalue weighted by atomic mass is 9.95. The van der Waals surface area contributed by atoms with E-state index in [2.05, 4.69) is 21.1 Å². The van der Waals surface area contributed by atoms with Gasteiger partial charge in [0.1, 0.15) is 17.3 Å². The number of benzene rings is 2. The fourth-order valence-electron chi connectivity index (χ4n) is 3.27. The molecule has 2 heterocycles. The Morgan fingerprint density at radius 2 is 1.76 bits per heavy atom. The molecule has 1 aliphatic rings. The fraction of sp³-hybridized carbons (Fsp3) is 0.0952. The Balaban J connectivity index is 1.93. The minimum atomic E-state index is -0.927. The molecular formula is C21H15BrN2O5. The number of hydrogen-bond acceptors (Lipinski definition) is 6. The van der Waals surface area contributed by atoms with Crippen molar-refractivity contribution in [1.82, 2.24) is 5.16 Å². The smallest absolute Gasteiger partial charge is 0.301 e. The molecule has 4 rings (SSSR count). The lowest BCUT2D eigenvalue weighted by Gasteiger charge is -2.22. The van der Waals surface area contributed by atoms with E-state index in [0.29, 0.717) is 16.9 Å². The molecule has 1 aliphatic heterocycles. The minimum absolute atomic E-state index is 0.0379. The number of aromatic hydroxyl groups is 1. The molecule has 0 saturated carbocycles. The SMILES string of the molecule is Cc1cc(N2C(=O)C(=O)/C(=C(/O)c3ccc(Br)cc3)[C@H]2c2ccc(O)cc2)no1. The average Bonchev–Trinajstić information content (AvgIpc) is 3.24. The summed E-state index contributed by atoms with van der Waals surface area (Å²) in [4.78, 5) is 27.0. The Kier molecular flexibility index (Phi) is 4.71. The van der Waals surface area contributed by atoms with Crippen LogP contribution in [-0.4, -0.2) is 27.1 Å². The summed E-state index contributed by atoms with van der Waals surface area (Å²) in [5, 5.41) is 24.4. The van der Waals surface area contributed by atoms with Gasteiger partial charge in [0.15, 0.2) is 5.82 Å². The third-order valence-corrected chi connectivity index (χ3v) is 5.16. The first-order valence-corrected chi connectivity index (χ1v) is 9.45. The molecule has 3 aromatic rings. The van der Waals surface area contributed by atoms with Gasteiger partial charge in [0.05, 0.1) is 11.6 Å². The highest BCUT2D eigenvalue weighted by Crippen LogP contribution is 2.42. The molecule has 146 valence electrons. The molecule has 1 atom stereocenters. The van der Waals surface area contributed by atoms with Crippen molar-refractivity contribution in [2.75, 3.05) is 4.90 Å². The topological polar surface area (TPSA) is 104 Å². The maximum atomic E-state index is 12.9. The van der Waals surface area contributed by atoms with Crippen molar-refractivity contribution < 1.29 is 24.3 Å². The number of aliphatic hydroxyl groups excluding tert-OH is 1. The van der Waals surface area contributed by atoms with Crippen molar-refractivity contribution in [3.05, 3.63) is 81.5 Å². The molecule has 2 aromatic carbocycles. The van der Waals surface area contributed by atoms with Gasteiger partial charge in [-0.25, -0.2) is 0 Å². The van der Waals surface area contributed by atoms with E-state index >= 15 is 0 Å². The number of hydrogen-bond donors (Lipinski definition) is 2. The molecule has 2 N–H and O–H groups in total. The zero-order chi connectivity index (χ0) is 20.7. The summed E-state index contributed by atoms with van der Waals surface area (Å²) in [5.41, 5.74) is 0.858. The first-order chi connectivity index (χ1) is 13.9. The summed E-state index contributed by atoms with van der Waals surface area (Å²) in [6.07, 6.45) is 0. The van der Waals surface area contributed by atoms with Crippen LogP contribution in [0, 0.1) is 6.92 Å². The maximum absolute atomic E-state index is 12.9. The third-order valence-electron chi connectivity index (χ3n) is 4.63. The number of phenolic OH excluding ortho intramolecular Hbond substituents is 1. The number of phenols is 1. The Morgan fingerprint density at radius 1 is 1.10 bits per heavy atom. The van der Waals surface area contributed by atoms with Crippen LogP contribution in [0.3, 0.4) is 0 Å². The number of halogens is 1. The van der Waals surface area contributed by atoms with E-state index in [1.54, 1.807) is 43.3 Å². The standard InChI is InChI=1S/C21H15BrN2O5/c1-11-10-16(23-29-11)24-18(12-4-8-15(25)9-5-12)17(20(27)21(24)28)19(26)13-2-6-14(22)7-3-13/h2-10,18,25-26H,1H3/b19-17+/t18-/m1/s1. The quantitative estimate of drug-likeness (QED) is 0.351. The first kappa shape index (κ1) is 18.9. The Morgan fingerprint density at radius 3 is 2.34 bits per heavy atom. The van der Waals surface area contributed by atoms with Crippen LogP contribution < -0.4 is 4.90 Å². The number of aliphatic hydroxyl groups is 1. The molecule has 1 aromatic heterocycles. The molecule has 0 bridgehead atoms. The van der Waals surface area contributed by atoms with Crippen molar-refractivity contribution in [3.63, 3.8) is 0 Å². The second-order valence-corrected chi connectivity index (χ2v) is 7.48. The van der Waals surface area contributed by atoms with Gasteiger partial charge in [-0.1, -0.05) is 45.4 Å². The van der Waals surface area contributed by atoms with Crippen molar-refractivity contribution in [3.8, 4) is 5.75 Å². The van der Waals surface area contributed by atoms with E-state index < -0.39 is 17.7 Å². The summed E-state index contributed by atoms with van der Waals surface area (Å²) in [6.45, 7) is 1.67. The highest BCUT2D eigenvalue weighted by atomic mass is 79.9. The lowest BCUT2D eigenvalue weighted by Crippen LogP contribution is -2.29. The van der Waals surface area contributed by atoms with Crippen LogP contribution >= 0.6 is 15.9 Å². The highest BCUT2D eigenvalue weighted by molar-refractivity contribution is 9.10.